The van der Waals surface area contributed by atoms with Crippen LogP contribution in [0.5, 0.6) is 5.75 Å². The van der Waals surface area contributed by atoms with Crippen molar-refractivity contribution in [3.05, 3.63) is 72.4 Å². The number of hydrogen-bond acceptors (Lipinski definition) is 8. The Bertz CT molecular complexity index is 1540. The summed E-state index contributed by atoms with van der Waals surface area (Å²) in [4.78, 5) is 32.8. The zero-order valence-corrected chi connectivity index (χ0v) is 22.3. The number of hydrogen-bond donors (Lipinski definition) is 5. The predicted molar refractivity (Wildman–Crippen MR) is 150 cm³/mol. The number of aromatic amines is 1. The van der Waals surface area contributed by atoms with Gasteiger partial charge in [0.2, 0.25) is 0 Å². The molecule has 5 N–H and O–H groups in total. The summed E-state index contributed by atoms with van der Waals surface area (Å²) in [7, 11) is 0. The molecule has 11 nitrogen and oxygen atoms in total. The van der Waals surface area contributed by atoms with Gasteiger partial charge in [0.25, 0.3) is 0 Å². The standard InChI is InChI=1S/C28H28F3N7O4/c29-28(30,31)41-22-3-1-2-21(16-22)36-27(40)35-20-6-4-18(5-7-20)23-14-19(15-25-24(23)17-33-37-25)26(39)42-34-10-13-38-11-8-32-9-12-38/h1-7,14-17,32,34H,8-13H2,(H,33,37)(H2,35,36,40). The van der Waals surface area contributed by atoms with E-state index in [2.05, 4.69) is 41.3 Å². The summed E-state index contributed by atoms with van der Waals surface area (Å²) < 4.78 is 41.3. The van der Waals surface area contributed by atoms with Gasteiger partial charge in [-0.05, 0) is 47.5 Å². The summed E-state index contributed by atoms with van der Waals surface area (Å²) in [6, 6.07) is 14.5. The van der Waals surface area contributed by atoms with Gasteiger partial charge in [-0.25, -0.2) is 9.59 Å². The van der Waals surface area contributed by atoms with Gasteiger partial charge in [-0.15, -0.1) is 13.2 Å². The van der Waals surface area contributed by atoms with Gasteiger partial charge in [0.1, 0.15) is 5.75 Å². The number of carbonyl (C=O) groups is 2. The highest BCUT2D eigenvalue weighted by Gasteiger charge is 2.31. The number of nitrogens with one attached hydrogen (secondary N) is 5. The lowest BCUT2D eigenvalue weighted by Crippen LogP contribution is -2.45. The molecule has 14 heteroatoms. The van der Waals surface area contributed by atoms with Crippen molar-refractivity contribution in [2.24, 2.45) is 0 Å². The predicted octanol–water partition coefficient (Wildman–Crippen LogP) is 4.34. The maximum atomic E-state index is 12.8. The SMILES string of the molecule is O=C(Nc1ccc(-c2cc(C(=O)ONCCN3CCNCC3)cc3[nH]ncc23)cc1)Nc1cccc(OC(F)(F)F)c1. The molecule has 0 radical (unpaired) electrons. The van der Waals surface area contributed by atoms with Crippen LogP contribution < -0.4 is 26.2 Å². The number of rotatable bonds is 9. The number of alkyl halides is 3. The first-order chi connectivity index (χ1) is 20.2. The van der Waals surface area contributed by atoms with Crippen molar-refractivity contribution >= 4 is 34.3 Å². The van der Waals surface area contributed by atoms with E-state index in [1.54, 1.807) is 42.6 Å². The minimum absolute atomic E-state index is 0.121. The highest BCUT2D eigenvalue weighted by Crippen LogP contribution is 2.31. The van der Waals surface area contributed by atoms with Crippen LogP contribution in [0.25, 0.3) is 22.0 Å². The van der Waals surface area contributed by atoms with E-state index in [0.717, 1.165) is 61.4 Å². The second-order valence-electron chi connectivity index (χ2n) is 9.46. The number of aromatic nitrogens is 2. The van der Waals surface area contributed by atoms with Crippen LogP contribution in [0.15, 0.2) is 66.9 Å². The van der Waals surface area contributed by atoms with Crippen molar-refractivity contribution in [3.63, 3.8) is 0 Å². The Hall–Kier alpha value is -4.66. The maximum Gasteiger partial charge on any atom is 0.573 e. The quantitative estimate of drug-likeness (QED) is 0.145. The van der Waals surface area contributed by atoms with Crippen molar-refractivity contribution in [1.29, 1.82) is 0 Å². The molecule has 42 heavy (non-hydrogen) atoms. The van der Waals surface area contributed by atoms with Crippen molar-refractivity contribution < 1.29 is 32.3 Å². The molecule has 3 aromatic carbocycles. The number of anilines is 2. The van der Waals surface area contributed by atoms with Gasteiger partial charge < -0.3 is 25.5 Å². The number of nitrogens with zero attached hydrogens (tertiary/aromatic N) is 2. The number of halogens is 3. The number of carbonyl (C=O) groups excluding carboxylic acids is 2. The molecule has 0 bridgehead atoms. The molecule has 1 aromatic heterocycles. The molecule has 0 spiro atoms. The fraction of sp³-hybridized carbons (Fsp3) is 0.250. The summed E-state index contributed by atoms with van der Waals surface area (Å²) >= 11 is 0. The van der Waals surface area contributed by atoms with Gasteiger partial charge in [-0.1, -0.05) is 18.2 Å². The van der Waals surface area contributed by atoms with Crippen LogP contribution >= 0.6 is 0 Å². The molecule has 2 heterocycles. The van der Waals surface area contributed by atoms with Crippen LogP contribution in [-0.4, -0.2) is 72.7 Å². The van der Waals surface area contributed by atoms with Gasteiger partial charge in [0, 0.05) is 62.1 Å². The van der Waals surface area contributed by atoms with E-state index >= 15 is 0 Å². The molecule has 0 aliphatic carbocycles. The average Bonchev–Trinajstić information content (AvgIpc) is 3.44. The fourth-order valence-electron chi connectivity index (χ4n) is 4.52. The van der Waals surface area contributed by atoms with Crippen molar-refractivity contribution in [2.45, 2.75) is 6.36 Å². The minimum atomic E-state index is -4.84. The third-order valence-electron chi connectivity index (χ3n) is 6.48. The smallest absolute Gasteiger partial charge is 0.406 e. The van der Waals surface area contributed by atoms with Crippen molar-refractivity contribution in [2.75, 3.05) is 49.9 Å². The molecule has 5 rings (SSSR count). The van der Waals surface area contributed by atoms with Crippen LogP contribution in [0.3, 0.4) is 0 Å². The zero-order chi connectivity index (χ0) is 29.5. The summed E-state index contributed by atoms with van der Waals surface area (Å²) in [5.74, 6) is -0.986. The normalized spacial score (nSPS) is 14.0. The molecule has 0 saturated carbocycles. The summed E-state index contributed by atoms with van der Waals surface area (Å²) in [6.07, 6.45) is -3.19. The number of amides is 2. The lowest BCUT2D eigenvalue weighted by Gasteiger charge is -2.26. The Morgan fingerprint density at radius 1 is 0.976 bits per heavy atom. The summed E-state index contributed by atoms with van der Waals surface area (Å²) in [5, 5.41) is 16.2. The van der Waals surface area contributed by atoms with Crippen molar-refractivity contribution in [1.82, 2.24) is 25.9 Å². The number of benzene rings is 3. The van der Waals surface area contributed by atoms with Crippen LogP contribution in [0.4, 0.5) is 29.3 Å². The number of urea groups is 1. The van der Waals surface area contributed by atoms with Gasteiger partial charge >= 0.3 is 18.4 Å². The van der Waals surface area contributed by atoms with Crippen LogP contribution in [0.1, 0.15) is 10.4 Å². The molecule has 1 fully saturated rings. The average molecular weight is 584 g/mol. The molecule has 2 amide bonds. The monoisotopic (exact) mass is 583 g/mol. The molecule has 1 saturated heterocycles. The summed E-state index contributed by atoms with van der Waals surface area (Å²) in [6.45, 7) is 5.04. The van der Waals surface area contributed by atoms with Gasteiger partial charge in [0.05, 0.1) is 17.3 Å². The number of piperazine rings is 1. The number of ether oxygens (including phenoxy) is 1. The lowest BCUT2D eigenvalue weighted by molar-refractivity contribution is -0.274. The number of hydroxylamine groups is 1. The Balaban J connectivity index is 1.21. The summed E-state index contributed by atoms with van der Waals surface area (Å²) in [5.41, 5.74) is 5.77. The molecule has 220 valence electrons. The molecule has 1 aliphatic heterocycles. The Labute approximate surface area is 238 Å². The third kappa shape index (κ3) is 7.75. The first-order valence-corrected chi connectivity index (χ1v) is 13.1. The minimum Gasteiger partial charge on any atom is -0.406 e. The highest BCUT2D eigenvalue weighted by molar-refractivity contribution is 6.02. The van der Waals surface area contributed by atoms with E-state index in [1.807, 2.05) is 0 Å². The third-order valence-corrected chi connectivity index (χ3v) is 6.48. The molecule has 4 aromatic rings. The first-order valence-electron chi connectivity index (χ1n) is 13.1. The van der Waals surface area contributed by atoms with Crippen LogP contribution in [0.2, 0.25) is 0 Å². The van der Waals surface area contributed by atoms with Crippen molar-refractivity contribution in [3.8, 4) is 16.9 Å². The second kappa shape index (κ2) is 12.9. The van der Waals surface area contributed by atoms with E-state index in [4.69, 9.17) is 4.84 Å². The molecular weight excluding hydrogens is 555 g/mol. The van der Waals surface area contributed by atoms with E-state index < -0.39 is 24.1 Å². The number of fused-ring (bicyclic) bond motifs is 1. The lowest BCUT2D eigenvalue weighted by atomic mass is 9.99. The highest BCUT2D eigenvalue weighted by atomic mass is 19.4. The van der Waals surface area contributed by atoms with E-state index in [9.17, 15) is 22.8 Å². The first kappa shape index (κ1) is 28.9. The second-order valence-corrected chi connectivity index (χ2v) is 9.46. The van der Waals surface area contributed by atoms with Crippen LogP contribution in [0, 0.1) is 0 Å². The van der Waals surface area contributed by atoms with E-state index in [1.165, 1.54) is 12.1 Å². The largest absolute Gasteiger partial charge is 0.573 e. The van der Waals surface area contributed by atoms with Crippen LogP contribution in [-0.2, 0) is 4.84 Å². The van der Waals surface area contributed by atoms with E-state index in [0.29, 0.717) is 23.3 Å². The van der Waals surface area contributed by atoms with E-state index in [-0.39, 0.29) is 5.69 Å². The molecule has 0 atom stereocenters. The Morgan fingerprint density at radius 3 is 2.50 bits per heavy atom. The zero-order valence-electron chi connectivity index (χ0n) is 22.3. The Morgan fingerprint density at radius 2 is 1.74 bits per heavy atom. The van der Waals surface area contributed by atoms with Gasteiger partial charge in [-0.2, -0.15) is 10.6 Å². The van der Waals surface area contributed by atoms with Gasteiger partial charge in [0.15, 0.2) is 0 Å². The van der Waals surface area contributed by atoms with Gasteiger partial charge in [-0.3, -0.25) is 10.00 Å². The Kier molecular flexibility index (Phi) is 8.85. The maximum absolute atomic E-state index is 12.8. The topological polar surface area (TPSA) is 133 Å². The molecule has 1 aliphatic rings. The fourth-order valence-corrected chi connectivity index (χ4v) is 4.52. The molecular formula is C28H28F3N7O4. The molecule has 0 unspecified atom stereocenters. The number of H-pyrrole nitrogens is 1.